The summed E-state index contributed by atoms with van der Waals surface area (Å²) in [5.41, 5.74) is -0.0289. The van der Waals surface area contributed by atoms with E-state index in [1.807, 2.05) is 0 Å². The summed E-state index contributed by atoms with van der Waals surface area (Å²) in [5, 5.41) is 12.0. The van der Waals surface area contributed by atoms with Crippen LogP contribution in [0.1, 0.15) is 62.0 Å². The van der Waals surface area contributed by atoms with Gasteiger partial charge in [0.2, 0.25) is 6.29 Å². The molecule has 1 heterocycles. The van der Waals surface area contributed by atoms with Gasteiger partial charge in [0.1, 0.15) is 0 Å². The maximum atomic E-state index is 13.0. The molecule has 4 rings (SSSR count). The van der Waals surface area contributed by atoms with Gasteiger partial charge in [-0.05, 0) is 67.7 Å². The van der Waals surface area contributed by atoms with Gasteiger partial charge in [0.05, 0.1) is 12.2 Å². The quantitative estimate of drug-likeness (QED) is 0.569. The van der Waals surface area contributed by atoms with Crippen LogP contribution in [-0.2, 0) is 20.4 Å². The van der Waals surface area contributed by atoms with E-state index < -0.39 is 18.0 Å². The van der Waals surface area contributed by atoms with Crippen molar-refractivity contribution in [3.05, 3.63) is 47.2 Å². The molecular weight excluding hydrogens is 423 g/mol. The first-order valence-electron chi connectivity index (χ1n) is 11.4. The Balaban J connectivity index is 1.47. The number of fused-ring (bicyclic) bond motifs is 2. The lowest BCUT2D eigenvalue weighted by Gasteiger charge is -2.31. The lowest BCUT2D eigenvalue weighted by atomic mass is 9.91. The van der Waals surface area contributed by atoms with Gasteiger partial charge in [-0.25, -0.2) is 0 Å². The monoisotopic (exact) mass is 453 g/mol. The van der Waals surface area contributed by atoms with E-state index in [9.17, 15) is 18.0 Å². The lowest BCUT2D eigenvalue weighted by molar-refractivity contribution is -0.147. The summed E-state index contributed by atoms with van der Waals surface area (Å²) in [4.78, 5) is 13.0. The van der Waals surface area contributed by atoms with Crippen molar-refractivity contribution >= 4 is 5.91 Å². The first-order chi connectivity index (χ1) is 15.3. The first-order valence-corrected chi connectivity index (χ1v) is 11.4. The molecule has 3 unspecified atom stereocenters. The van der Waals surface area contributed by atoms with Gasteiger partial charge < -0.3 is 19.9 Å². The molecule has 2 aliphatic carbocycles. The van der Waals surface area contributed by atoms with Crippen molar-refractivity contribution in [2.45, 2.75) is 69.4 Å². The Bertz CT molecular complexity index is 824. The number of benzene rings is 1. The van der Waals surface area contributed by atoms with Crippen LogP contribution >= 0.6 is 0 Å². The Labute approximate surface area is 186 Å². The number of alkyl halides is 3. The van der Waals surface area contributed by atoms with Gasteiger partial charge in [0.25, 0.3) is 5.91 Å². The minimum atomic E-state index is -4.39. The van der Waals surface area contributed by atoms with Crippen LogP contribution in [0.5, 0.6) is 0 Å². The maximum Gasteiger partial charge on any atom is 0.416 e. The van der Waals surface area contributed by atoms with Crippen molar-refractivity contribution in [1.82, 2.24) is 5.32 Å². The van der Waals surface area contributed by atoms with Crippen molar-refractivity contribution in [3.63, 3.8) is 0 Å². The molecule has 0 saturated heterocycles. The average molecular weight is 454 g/mol. The van der Waals surface area contributed by atoms with Crippen LogP contribution in [0.3, 0.4) is 0 Å². The van der Waals surface area contributed by atoms with Crippen molar-refractivity contribution in [2.24, 2.45) is 11.8 Å². The minimum absolute atomic E-state index is 0.0696. The maximum absolute atomic E-state index is 13.0. The Morgan fingerprint density at radius 2 is 1.91 bits per heavy atom. The second-order valence-corrected chi connectivity index (χ2v) is 9.10. The summed E-state index contributed by atoms with van der Waals surface area (Å²) in [6.07, 6.45) is 2.80. The molecule has 1 aromatic carbocycles. The number of amides is 1. The van der Waals surface area contributed by atoms with E-state index in [1.165, 1.54) is 18.6 Å². The Kier molecular flexibility index (Phi) is 7.10. The number of unbranched alkanes of at least 4 members (excludes halogenated alkanes) is 1. The van der Waals surface area contributed by atoms with Crippen molar-refractivity contribution in [3.8, 4) is 0 Å². The number of carbonyl (C=O) groups excluding carboxylic acids is 1. The number of hydrogen-bond donors (Lipinski definition) is 2. The molecule has 176 valence electrons. The third-order valence-corrected chi connectivity index (χ3v) is 6.86. The summed E-state index contributed by atoms with van der Waals surface area (Å²) in [6, 6.07) is 5.17. The Morgan fingerprint density at radius 1 is 1.12 bits per heavy atom. The zero-order valence-corrected chi connectivity index (χ0v) is 17.9. The number of ether oxygens (including phenoxy) is 2. The number of halogens is 3. The van der Waals surface area contributed by atoms with Gasteiger partial charge in [0, 0.05) is 25.0 Å². The van der Waals surface area contributed by atoms with Gasteiger partial charge in [-0.2, -0.15) is 13.2 Å². The molecule has 1 amide bonds. The van der Waals surface area contributed by atoms with Gasteiger partial charge in [-0.15, -0.1) is 0 Å². The zero-order valence-electron chi connectivity index (χ0n) is 17.9. The van der Waals surface area contributed by atoms with Crippen LogP contribution in [0.25, 0.3) is 0 Å². The number of rotatable bonds is 8. The highest BCUT2D eigenvalue weighted by atomic mass is 19.4. The highest BCUT2D eigenvalue weighted by Gasteiger charge is 2.41. The third kappa shape index (κ3) is 5.46. The molecule has 8 heteroatoms. The molecule has 5 atom stereocenters. The molecule has 3 aliphatic rings. The van der Waals surface area contributed by atoms with Crippen LogP contribution in [0.4, 0.5) is 13.2 Å². The summed E-state index contributed by atoms with van der Waals surface area (Å²) >= 11 is 0. The van der Waals surface area contributed by atoms with Crippen molar-refractivity contribution < 1.29 is 32.5 Å². The molecule has 2 bridgehead atoms. The van der Waals surface area contributed by atoms with E-state index in [1.54, 1.807) is 6.08 Å². The molecule has 2 saturated carbocycles. The fraction of sp³-hybridized carbons (Fsp3) is 0.625. The van der Waals surface area contributed by atoms with Crippen LogP contribution < -0.4 is 5.32 Å². The molecule has 32 heavy (non-hydrogen) atoms. The lowest BCUT2D eigenvalue weighted by Crippen LogP contribution is -2.41. The normalized spacial score (nSPS) is 29.5. The van der Waals surface area contributed by atoms with Gasteiger partial charge in [-0.3, -0.25) is 4.79 Å². The molecule has 0 radical (unpaired) electrons. The van der Waals surface area contributed by atoms with Crippen LogP contribution in [0.2, 0.25) is 0 Å². The van der Waals surface area contributed by atoms with E-state index >= 15 is 0 Å². The molecule has 1 aliphatic heterocycles. The Hall–Kier alpha value is -2.06. The summed E-state index contributed by atoms with van der Waals surface area (Å²) in [7, 11) is 0. The largest absolute Gasteiger partial charge is 0.459 e. The van der Waals surface area contributed by atoms with Crippen LogP contribution in [-0.4, -0.2) is 36.6 Å². The van der Waals surface area contributed by atoms with Crippen LogP contribution in [0.15, 0.2) is 36.1 Å². The second kappa shape index (κ2) is 9.83. The van der Waals surface area contributed by atoms with Gasteiger partial charge >= 0.3 is 6.18 Å². The van der Waals surface area contributed by atoms with E-state index in [0.717, 1.165) is 31.4 Å². The number of hydrogen-bond acceptors (Lipinski definition) is 4. The highest BCUT2D eigenvalue weighted by Crippen LogP contribution is 2.44. The number of aliphatic hydroxyl groups excluding tert-OH is 1. The Morgan fingerprint density at radius 3 is 2.53 bits per heavy atom. The fourth-order valence-corrected chi connectivity index (χ4v) is 5.16. The topological polar surface area (TPSA) is 67.8 Å². The zero-order chi connectivity index (χ0) is 22.7. The van der Waals surface area contributed by atoms with Crippen molar-refractivity contribution in [1.29, 1.82) is 0 Å². The average Bonchev–Trinajstić information content (AvgIpc) is 3.39. The molecule has 2 fully saturated rings. The molecule has 5 nitrogen and oxygen atoms in total. The number of carbonyl (C=O) groups is 1. The van der Waals surface area contributed by atoms with E-state index in [2.05, 4.69) is 5.32 Å². The van der Waals surface area contributed by atoms with Gasteiger partial charge in [-0.1, -0.05) is 18.6 Å². The van der Waals surface area contributed by atoms with E-state index in [4.69, 9.17) is 14.6 Å². The summed E-state index contributed by atoms with van der Waals surface area (Å²) in [6.45, 7) is 0.437. The molecular formula is C24H30F3NO4. The van der Waals surface area contributed by atoms with Crippen LogP contribution in [0, 0.1) is 11.8 Å². The van der Waals surface area contributed by atoms with Crippen molar-refractivity contribution in [2.75, 3.05) is 13.2 Å². The molecule has 0 spiro atoms. The number of allylic oxidation sites excluding steroid dienone is 1. The van der Waals surface area contributed by atoms with Gasteiger partial charge in [0.15, 0.2) is 5.76 Å². The predicted molar refractivity (Wildman–Crippen MR) is 111 cm³/mol. The summed E-state index contributed by atoms with van der Waals surface area (Å²) < 4.78 is 50.4. The smallest absolute Gasteiger partial charge is 0.416 e. The SMILES string of the molecule is O=C(NC1CC2CCC1C2)C1=C[C@H](c2ccc(C(F)(F)F)cc2)C[C@H](OCCCCO)O1. The number of aliphatic hydroxyl groups is 1. The third-order valence-electron chi connectivity index (χ3n) is 6.86. The molecule has 0 aromatic heterocycles. The minimum Gasteiger partial charge on any atom is -0.459 e. The highest BCUT2D eigenvalue weighted by molar-refractivity contribution is 5.92. The number of nitrogens with one attached hydrogen (secondary N) is 1. The first kappa shape index (κ1) is 23.1. The molecule has 2 N–H and O–H groups in total. The fourth-order valence-electron chi connectivity index (χ4n) is 5.16. The summed E-state index contributed by atoms with van der Waals surface area (Å²) in [5.74, 6) is 0.785. The standard InChI is InChI=1S/C24H30F3NO4/c25-24(26,27)19-7-5-16(6-8-19)18-13-21(32-22(14-18)31-10-2-1-9-29)23(30)28-20-12-15-3-4-17(20)11-15/h5-8,13,15,17-18,20,22,29H,1-4,9-12,14H2,(H,28,30)/t15?,17?,18-,20?,22+/m0/s1. The van der Waals surface area contributed by atoms with E-state index in [0.29, 0.717) is 43.3 Å². The second-order valence-electron chi connectivity index (χ2n) is 9.10. The van der Waals surface area contributed by atoms with E-state index in [-0.39, 0.29) is 30.2 Å². The predicted octanol–water partition coefficient (Wildman–Crippen LogP) is 4.51. The molecule has 1 aromatic rings.